The average molecular weight is 465 g/mol. The number of anilines is 2. The minimum absolute atomic E-state index is 0.0968. The molecule has 0 bridgehead atoms. The lowest BCUT2D eigenvalue weighted by molar-refractivity contribution is 0.145. The number of pyridine rings is 2. The molecule has 1 atom stereocenters. The van der Waals surface area contributed by atoms with Gasteiger partial charge in [-0.3, -0.25) is 4.98 Å². The molecule has 8 heteroatoms. The van der Waals surface area contributed by atoms with Crippen molar-refractivity contribution in [1.82, 2.24) is 19.9 Å². The van der Waals surface area contributed by atoms with Crippen LogP contribution in [0.4, 0.5) is 11.8 Å². The molecule has 3 aromatic heterocycles. The molecule has 5 heterocycles. The van der Waals surface area contributed by atoms with Gasteiger partial charge in [-0.2, -0.15) is 0 Å². The van der Waals surface area contributed by atoms with Gasteiger partial charge in [0.05, 0.1) is 28.6 Å². The van der Waals surface area contributed by atoms with E-state index in [1.165, 1.54) is 0 Å². The summed E-state index contributed by atoms with van der Waals surface area (Å²) in [6, 6.07) is 4.26. The minimum Gasteiger partial charge on any atom is -0.393 e. The Morgan fingerprint density at radius 1 is 1.00 bits per heavy atom. The number of rotatable bonds is 3. The molecule has 0 saturated carbocycles. The fraction of sp³-hybridized carbons (Fsp3) is 0.440. The molecule has 0 spiro atoms. The zero-order valence-corrected chi connectivity index (χ0v) is 20.0. The summed E-state index contributed by atoms with van der Waals surface area (Å²) in [6.07, 6.45) is 7.71. The van der Waals surface area contributed by atoms with Crippen molar-refractivity contribution < 1.29 is 5.11 Å². The zero-order valence-electron chi connectivity index (χ0n) is 19.3. The number of aliphatic hydroxyl groups is 1. The number of hydrogen-bond donors (Lipinski definition) is 1. The second-order valence-electron chi connectivity index (χ2n) is 9.11. The third-order valence-electron chi connectivity index (χ3n) is 6.75. The van der Waals surface area contributed by atoms with Gasteiger partial charge >= 0.3 is 0 Å². The molecule has 1 saturated heterocycles. The lowest BCUT2D eigenvalue weighted by Gasteiger charge is -2.36. The van der Waals surface area contributed by atoms with Crippen LogP contribution in [0.15, 0.2) is 30.7 Å². The van der Waals surface area contributed by atoms with Crippen molar-refractivity contribution in [2.75, 3.05) is 29.4 Å². The molecule has 0 aliphatic carbocycles. The van der Waals surface area contributed by atoms with Crippen LogP contribution < -0.4 is 9.80 Å². The van der Waals surface area contributed by atoms with Gasteiger partial charge < -0.3 is 14.9 Å². The molecule has 0 radical (unpaired) electrons. The number of aromatic nitrogens is 4. The standard InChI is InChI=1S/C25H29ClN6O/c1-15-10-16(2)24(28-12-15)19-11-23(27-14-21(19)26)32-9-6-22-20(17(32)3)13-29-25(30-22)31-7-4-18(33)5-8-31/h10-14,17-18,33H,4-9H2,1-3H3/t17-/m0/s1. The number of aliphatic hydroxyl groups excluding tert-OH is 1. The highest BCUT2D eigenvalue weighted by molar-refractivity contribution is 6.33. The minimum atomic E-state index is -0.205. The van der Waals surface area contributed by atoms with E-state index >= 15 is 0 Å². The summed E-state index contributed by atoms with van der Waals surface area (Å²) in [7, 11) is 0. The Balaban J connectivity index is 1.42. The topological polar surface area (TPSA) is 78.3 Å². The van der Waals surface area contributed by atoms with Crippen LogP contribution >= 0.6 is 11.6 Å². The van der Waals surface area contributed by atoms with E-state index in [9.17, 15) is 5.11 Å². The van der Waals surface area contributed by atoms with Gasteiger partial charge in [-0.1, -0.05) is 17.7 Å². The van der Waals surface area contributed by atoms with Gasteiger partial charge in [0.1, 0.15) is 5.82 Å². The van der Waals surface area contributed by atoms with E-state index in [1.807, 2.05) is 25.4 Å². The number of hydrogen-bond acceptors (Lipinski definition) is 7. The second-order valence-corrected chi connectivity index (χ2v) is 9.52. The first kappa shape index (κ1) is 22.0. The highest BCUT2D eigenvalue weighted by Gasteiger charge is 2.28. The Kier molecular flexibility index (Phi) is 5.93. The fourth-order valence-electron chi connectivity index (χ4n) is 4.85. The molecule has 1 fully saturated rings. The third kappa shape index (κ3) is 4.27. The normalized spacial score (nSPS) is 19.0. The molecule has 7 nitrogen and oxygen atoms in total. The molecule has 172 valence electrons. The summed E-state index contributed by atoms with van der Waals surface area (Å²) >= 11 is 6.54. The van der Waals surface area contributed by atoms with Crippen LogP contribution in [0.25, 0.3) is 11.3 Å². The zero-order chi connectivity index (χ0) is 23.1. The maximum atomic E-state index is 9.78. The van der Waals surface area contributed by atoms with Gasteiger partial charge in [-0.15, -0.1) is 0 Å². The van der Waals surface area contributed by atoms with Gasteiger partial charge in [-0.25, -0.2) is 15.0 Å². The lowest BCUT2D eigenvalue weighted by Crippen LogP contribution is -2.38. The molecular weight excluding hydrogens is 436 g/mol. The summed E-state index contributed by atoms with van der Waals surface area (Å²) < 4.78 is 0. The highest BCUT2D eigenvalue weighted by atomic mass is 35.5. The van der Waals surface area contributed by atoms with Crippen LogP contribution in [-0.4, -0.2) is 50.8 Å². The average Bonchev–Trinajstić information content (AvgIpc) is 2.80. The smallest absolute Gasteiger partial charge is 0.225 e. The van der Waals surface area contributed by atoms with Gasteiger partial charge in [0.25, 0.3) is 0 Å². The Bertz CT molecular complexity index is 1180. The largest absolute Gasteiger partial charge is 0.393 e. The van der Waals surface area contributed by atoms with Crippen LogP contribution in [0.5, 0.6) is 0 Å². The lowest BCUT2D eigenvalue weighted by atomic mass is 9.99. The van der Waals surface area contributed by atoms with E-state index in [0.29, 0.717) is 5.02 Å². The molecule has 1 N–H and O–H groups in total. The molecule has 2 aliphatic heterocycles. The predicted octanol–water partition coefficient (Wildman–Crippen LogP) is 4.29. The Hall–Kier alpha value is -2.77. The van der Waals surface area contributed by atoms with Crippen molar-refractivity contribution in [2.24, 2.45) is 0 Å². The maximum absolute atomic E-state index is 9.78. The molecular formula is C25H29ClN6O. The molecule has 0 unspecified atom stereocenters. The second kappa shape index (κ2) is 8.88. The van der Waals surface area contributed by atoms with E-state index in [0.717, 1.165) is 84.3 Å². The quantitative estimate of drug-likeness (QED) is 0.619. The first-order valence-electron chi connectivity index (χ1n) is 11.6. The first-order chi connectivity index (χ1) is 15.9. The number of nitrogens with zero attached hydrogens (tertiary/aromatic N) is 6. The number of aryl methyl sites for hydroxylation is 2. The van der Waals surface area contributed by atoms with Crippen LogP contribution in [-0.2, 0) is 6.42 Å². The van der Waals surface area contributed by atoms with E-state index in [1.54, 1.807) is 6.20 Å². The van der Waals surface area contributed by atoms with Gasteiger partial charge in [0, 0.05) is 55.8 Å². The molecule has 3 aromatic rings. The molecule has 5 rings (SSSR count). The van der Waals surface area contributed by atoms with E-state index < -0.39 is 0 Å². The maximum Gasteiger partial charge on any atom is 0.225 e. The Morgan fingerprint density at radius 2 is 1.79 bits per heavy atom. The molecule has 33 heavy (non-hydrogen) atoms. The van der Waals surface area contributed by atoms with Crippen molar-refractivity contribution in [3.8, 4) is 11.3 Å². The van der Waals surface area contributed by atoms with Crippen molar-refractivity contribution in [3.05, 3.63) is 58.1 Å². The van der Waals surface area contributed by atoms with Gasteiger partial charge in [-0.05, 0) is 50.8 Å². The number of halogens is 1. The number of piperidine rings is 1. The predicted molar refractivity (Wildman–Crippen MR) is 131 cm³/mol. The van der Waals surface area contributed by atoms with Crippen molar-refractivity contribution in [2.45, 2.75) is 52.2 Å². The van der Waals surface area contributed by atoms with Crippen molar-refractivity contribution >= 4 is 23.4 Å². The van der Waals surface area contributed by atoms with E-state index in [-0.39, 0.29) is 12.1 Å². The van der Waals surface area contributed by atoms with E-state index in [2.05, 4.69) is 44.7 Å². The Morgan fingerprint density at radius 3 is 2.55 bits per heavy atom. The molecule has 0 aromatic carbocycles. The van der Waals surface area contributed by atoms with Crippen LogP contribution in [0.1, 0.15) is 48.2 Å². The summed E-state index contributed by atoms with van der Waals surface area (Å²) in [4.78, 5) is 23.3. The SMILES string of the molecule is Cc1cnc(-c2cc(N3CCc4nc(N5CCC(O)CC5)ncc4[C@@H]3C)ncc2Cl)c(C)c1. The Labute approximate surface area is 199 Å². The highest BCUT2D eigenvalue weighted by Crippen LogP contribution is 2.36. The van der Waals surface area contributed by atoms with Crippen molar-refractivity contribution in [3.63, 3.8) is 0 Å². The van der Waals surface area contributed by atoms with Gasteiger partial charge in [0.2, 0.25) is 5.95 Å². The van der Waals surface area contributed by atoms with Crippen molar-refractivity contribution in [1.29, 1.82) is 0 Å². The summed E-state index contributed by atoms with van der Waals surface area (Å²) in [5.74, 6) is 1.65. The summed E-state index contributed by atoms with van der Waals surface area (Å²) in [5.41, 5.74) is 6.24. The molecule has 0 amide bonds. The van der Waals surface area contributed by atoms with Gasteiger partial charge in [0.15, 0.2) is 0 Å². The molecule has 2 aliphatic rings. The van der Waals surface area contributed by atoms with Crippen LogP contribution in [0.2, 0.25) is 5.02 Å². The fourth-order valence-corrected chi connectivity index (χ4v) is 5.04. The monoisotopic (exact) mass is 464 g/mol. The van der Waals surface area contributed by atoms with Crippen LogP contribution in [0.3, 0.4) is 0 Å². The van der Waals surface area contributed by atoms with Crippen LogP contribution in [0, 0.1) is 13.8 Å². The van der Waals surface area contributed by atoms with E-state index in [4.69, 9.17) is 16.6 Å². The summed E-state index contributed by atoms with van der Waals surface area (Å²) in [5, 5.41) is 10.4. The first-order valence-corrected chi connectivity index (χ1v) is 11.9. The number of fused-ring (bicyclic) bond motifs is 1. The summed E-state index contributed by atoms with van der Waals surface area (Å²) in [6.45, 7) is 8.68. The third-order valence-corrected chi connectivity index (χ3v) is 7.05.